The summed E-state index contributed by atoms with van der Waals surface area (Å²) >= 11 is 0. The lowest BCUT2D eigenvalue weighted by atomic mass is 9.81. The van der Waals surface area contributed by atoms with Crippen LogP contribution >= 0.6 is 0 Å². The summed E-state index contributed by atoms with van der Waals surface area (Å²) in [7, 11) is -5.29. The molecule has 2 rings (SSSR count). The SMILES string of the molecule is O=S(=O)(Nn1cccc1)c1ccc(B(O)O)cc1. The number of hydrogen-bond acceptors (Lipinski definition) is 4. The van der Waals surface area contributed by atoms with Gasteiger partial charge >= 0.3 is 7.12 Å². The molecule has 3 N–H and O–H groups in total. The second-order valence-corrected chi connectivity index (χ2v) is 5.29. The summed E-state index contributed by atoms with van der Waals surface area (Å²) in [5, 5.41) is 17.8. The highest BCUT2D eigenvalue weighted by atomic mass is 32.2. The van der Waals surface area contributed by atoms with Gasteiger partial charge in [0, 0.05) is 12.4 Å². The van der Waals surface area contributed by atoms with Crippen LogP contribution in [0.4, 0.5) is 0 Å². The molecule has 0 bridgehead atoms. The fourth-order valence-electron chi connectivity index (χ4n) is 1.41. The van der Waals surface area contributed by atoms with Crippen molar-refractivity contribution in [3.8, 4) is 0 Å². The van der Waals surface area contributed by atoms with Gasteiger partial charge in [0.1, 0.15) is 0 Å². The second-order valence-electron chi connectivity index (χ2n) is 3.63. The highest BCUT2D eigenvalue weighted by molar-refractivity contribution is 7.92. The maximum absolute atomic E-state index is 11.9. The van der Waals surface area contributed by atoms with E-state index in [4.69, 9.17) is 10.0 Å². The molecule has 1 aromatic carbocycles. The van der Waals surface area contributed by atoms with E-state index in [0.29, 0.717) is 0 Å². The topological polar surface area (TPSA) is 91.6 Å². The van der Waals surface area contributed by atoms with Crippen LogP contribution in [0.5, 0.6) is 0 Å². The van der Waals surface area contributed by atoms with E-state index in [-0.39, 0.29) is 10.4 Å². The van der Waals surface area contributed by atoms with Crippen LogP contribution in [0.2, 0.25) is 0 Å². The number of aromatic nitrogens is 1. The van der Waals surface area contributed by atoms with E-state index in [9.17, 15) is 8.42 Å². The molecule has 0 atom stereocenters. The molecule has 2 aromatic rings. The Morgan fingerprint density at radius 1 is 1.06 bits per heavy atom. The van der Waals surface area contributed by atoms with Crippen molar-refractivity contribution in [1.29, 1.82) is 0 Å². The van der Waals surface area contributed by atoms with Gasteiger partial charge in [0.15, 0.2) is 0 Å². The van der Waals surface area contributed by atoms with Crippen LogP contribution in [-0.4, -0.2) is 30.3 Å². The molecule has 0 aliphatic heterocycles. The van der Waals surface area contributed by atoms with E-state index in [1.807, 2.05) is 0 Å². The summed E-state index contributed by atoms with van der Waals surface area (Å²) < 4.78 is 25.2. The summed E-state index contributed by atoms with van der Waals surface area (Å²) in [6.45, 7) is 0. The third-order valence-corrected chi connectivity index (χ3v) is 3.66. The number of nitrogens with one attached hydrogen (secondary N) is 1. The molecule has 18 heavy (non-hydrogen) atoms. The molecule has 1 heterocycles. The molecule has 0 saturated heterocycles. The van der Waals surface area contributed by atoms with Gasteiger partial charge in [-0.15, -0.1) is 0 Å². The monoisotopic (exact) mass is 266 g/mol. The first kappa shape index (κ1) is 12.7. The van der Waals surface area contributed by atoms with Crippen molar-refractivity contribution in [1.82, 2.24) is 4.68 Å². The maximum Gasteiger partial charge on any atom is 0.488 e. The first-order valence-corrected chi connectivity index (χ1v) is 6.59. The zero-order chi connectivity index (χ0) is 13.2. The summed E-state index contributed by atoms with van der Waals surface area (Å²) in [6, 6.07) is 8.67. The first-order valence-electron chi connectivity index (χ1n) is 5.11. The van der Waals surface area contributed by atoms with Crippen LogP contribution < -0.4 is 10.3 Å². The smallest absolute Gasteiger partial charge is 0.423 e. The van der Waals surface area contributed by atoms with Gasteiger partial charge in [-0.2, -0.15) is 8.42 Å². The van der Waals surface area contributed by atoms with E-state index in [2.05, 4.69) is 4.83 Å². The maximum atomic E-state index is 11.9. The molecule has 0 unspecified atom stereocenters. The number of benzene rings is 1. The zero-order valence-electron chi connectivity index (χ0n) is 9.26. The third-order valence-electron chi connectivity index (χ3n) is 2.32. The van der Waals surface area contributed by atoms with Crippen LogP contribution in [-0.2, 0) is 10.0 Å². The Morgan fingerprint density at radius 3 is 2.11 bits per heavy atom. The molecule has 0 aliphatic carbocycles. The summed E-state index contributed by atoms with van der Waals surface area (Å²) in [6.07, 6.45) is 3.12. The average molecular weight is 266 g/mol. The lowest BCUT2D eigenvalue weighted by Crippen LogP contribution is -2.30. The van der Waals surface area contributed by atoms with Crippen molar-refractivity contribution in [2.24, 2.45) is 0 Å². The minimum absolute atomic E-state index is 0.0422. The number of nitrogens with zero attached hydrogens (tertiary/aromatic N) is 1. The molecule has 0 radical (unpaired) electrons. The molecular weight excluding hydrogens is 255 g/mol. The summed E-state index contributed by atoms with van der Waals surface area (Å²) in [4.78, 5) is 2.37. The highest BCUT2D eigenvalue weighted by Gasteiger charge is 2.16. The number of sulfonamides is 1. The van der Waals surface area contributed by atoms with E-state index >= 15 is 0 Å². The molecule has 0 amide bonds. The largest absolute Gasteiger partial charge is 0.488 e. The van der Waals surface area contributed by atoms with E-state index in [1.54, 1.807) is 24.5 Å². The minimum Gasteiger partial charge on any atom is -0.423 e. The van der Waals surface area contributed by atoms with Crippen molar-refractivity contribution >= 4 is 22.6 Å². The molecule has 0 fully saturated rings. The molecular formula is C10H11BN2O4S. The summed E-state index contributed by atoms with van der Waals surface area (Å²) in [5.41, 5.74) is 0.231. The van der Waals surface area contributed by atoms with Crippen LogP contribution in [0, 0.1) is 0 Å². The van der Waals surface area contributed by atoms with Crippen molar-refractivity contribution < 1.29 is 18.5 Å². The van der Waals surface area contributed by atoms with Crippen LogP contribution in [0.25, 0.3) is 0 Å². The Hall–Kier alpha value is -1.77. The van der Waals surface area contributed by atoms with Gasteiger partial charge in [-0.05, 0) is 29.7 Å². The fourth-order valence-corrected chi connectivity index (χ4v) is 2.41. The van der Waals surface area contributed by atoms with Gasteiger partial charge in [0.05, 0.1) is 4.90 Å². The van der Waals surface area contributed by atoms with Gasteiger partial charge in [0.25, 0.3) is 10.0 Å². The van der Waals surface area contributed by atoms with Gasteiger partial charge in [-0.25, -0.2) is 4.83 Å². The van der Waals surface area contributed by atoms with Crippen LogP contribution in [0.1, 0.15) is 0 Å². The zero-order valence-corrected chi connectivity index (χ0v) is 10.1. The van der Waals surface area contributed by atoms with Crippen molar-refractivity contribution in [2.75, 3.05) is 4.83 Å². The fraction of sp³-hybridized carbons (Fsp3) is 0. The van der Waals surface area contributed by atoms with E-state index in [1.165, 1.54) is 28.9 Å². The Labute approximate surface area is 105 Å². The molecule has 8 heteroatoms. The number of hydrogen-bond donors (Lipinski definition) is 3. The lowest BCUT2D eigenvalue weighted by molar-refractivity contribution is 0.425. The lowest BCUT2D eigenvalue weighted by Gasteiger charge is -2.09. The van der Waals surface area contributed by atoms with Gasteiger partial charge in [0.2, 0.25) is 0 Å². The predicted octanol–water partition coefficient (Wildman–Crippen LogP) is -0.900. The molecule has 1 aromatic heterocycles. The van der Waals surface area contributed by atoms with Crippen LogP contribution in [0.15, 0.2) is 53.7 Å². The van der Waals surface area contributed by atoms with Crippen LogP contribution in [0.3, 0.4) is 0 Å². The first-order chi connectivity index (χ1) is 8.49. The molecule has 6 nitrogen and oxygen atoms in total. The van der Waals surface area contributed by atoms with E-state index < -0.39 is 17.1 Å². The van der Waals surface area contributed by atoms with E-state index in [0.717, 1.165) is 0 Å². The van der Waals surface area contributed by atoms with Gasteiger partial charge in [-0.1, -0.05) is 12.1 Å². The molecule has 0 spiro atoms. The summed E-state index contributed by atoms with van der Waals surface area (Å²) in [5.74, 6) is 0. The highest BCUT2D eigenvalue weighted by Crippen LogP contribution is 2.07. The third kappa shape index (κ3) is 2.73. The van der Waals surface area contributed by atoms with Gasteiger partial charge < -0.3 is 10.0 Å². The minimum atomic E-state index is -3.68. The van der Waals surface area contributed by atoms with Crippen molar-refractivity contribution in [2.45, 2.75) is 4.90 Å². The van der Waals surface area contributed by atoms with Gasteiger partial charge in [-0.3, -0.25) is 4.68 Å². The Balaban J connectivity index is 2.25. The average Bonchev–Trinajstić information content (AvgIpc) is 2.81. The molecule has 0 saturated carbocycles. The second kappa shape index (κ2) is 4.85. The predicted molar refractivity (Wildman–Crippen MR) is 67.2 cm³/mol. The standard InChI is InChI=1S/C10H11BN2O4S/c14-11(15)9-3-5-10(6-4-9)18(16,17)12-13-7-1-2-8-13/h1-8,12,14-15H. The van der Waals surface area contributed by atoms with Crippen molar-refractivity contribution in [3.05, 3.63) is 48.8 Å². The molecule has 0 aliphatic rings. The van der Waals surface area contributed by atoms with Crippen molar-refractivity contribution in [3.63, 3.8) is 0 Å². The Bertz CT molecular complexity index is 608. The Kier molecular flexibility index (Phi) is 3.42. The quantitative estimate of drug-likeness (QED) is 0.625. The normalized spacial score (nSPS) is 11.2. The Morgan fingerprint density at radius 2 is 1.61 bits per heavy atom. The molecule has 94 valence electrons. The number of rotatable bonds is 4.